The van der Waals surface area contributed by atoms with E-state index in [0.717, 1.165) is 6.08 Å². The van der Waals surface area contributed by atoms with Gasteiger partial charge in [-0.3, -0.25) is 9.59 Å². The predicted octanol–water partition coefficient (Wildman–Crippen LogP) is 1.66. The first-order valence-electron chi connectivity index (χ1n) is 4.20. The van der Waals surface area contributed by atoms with Crippen LogP contribution in [0.15, 0.2) is 24.3 Å². The van der Waals surface area contributed by atoms with Crippen molar-refractivity contribution in [3.8, 4) is 0 Å². The van der Waals surface area contributed by atoms with Gasteiger partial charge in [0, 0.05) is 17.2 Å². The fourth-order valence-electron chi connectivity index (χ4n) is 1.57. The number of aliphatic hydroxyl groups excluding tert-OH is 1. The second kappa shape index (κ2) is 2.80. The summed E-state index contributed by atoms with van der Waals surface area (Å²) >= 11 is 0. The van der Waals surface area contributed by atoms with Crippen LogP contribution in [-0.4, -0.2) is 16.7 Å². The lowest BCUT2D eigenvalue weighted by Gasteiger charge is -2.13. The number of benzene rings is 1. The summed E-state index contributed by atoms with van der Waals surface area (Å²) in [5.74, 6) is -1.34. The minimum atomic E-state index is -0.663. The van der Waals surface area contributed by atoms with E-state index in [9.17, 15) is 14.7 Å². The standard InChI is InChI=1S/C11H8O3/c1-6-3-2-4-7-8(12)5-9(13)11(14)10(6)7/h2-5,12H,1H3. The van der Waals surface area contributed by atoms with E-state index in [0.29, 0.717) is 16.7 Å². The van der Waals surface area contributed by atoms with Crippen molar-refractivity contribution in [1.82, 2.24) is 0 Å². The molecule has 0 spiro atoms. The van der Waals surface area contributed by atoms with Gasteiger partial charge in [0.05, 0.1) is 0 Å². The first kappa shape index (κ1) is 8.69. The van der Waals surface area contributed by atoms with Gasteiger partial charge in [0.2, 0.25) is 11.6 Å². The number of carbonyl (C=O) groups excluding carboxylic acids is 2. The Bertz CT molecular complexity index is 469. The molecular formula is C11H8O3. The number of allylic oxidation sites excluding steroid dienone is 1. The number of hydrogen-bond acceptors (Lipinski definition) is 3. The van der Waals surface area contributed by atoms with E-state index in [1.807, 2.05) is 0 Å². The van der Waals surface area contributed by atoms with Crippen LogP contribution in [0.3, 0.4) is 0 Å². The van der Waals surface area contributed by atoms with Gasteiger partial charge in [-0.05, 0) is 12.5 Å². The van der Waals surface area contributed by atoms with Gasteiger partial charge in [0.15, 0.2) is 0 Å². The second-order valence-electron chi connectivity index (χ2n) is 3.22. The number of Topliss-reactive ketones (excluding diaryl/α,β-unsaturated/α-hetero) is 1. The molecule has 2 rings (SSSR count). The van der Waals surface area contributed by atoms with Gasteiger partial charge >= 0.3 is 0 Å². The molecule has 0 saturated carbocycles. The highest BCUT2D eigenvalue weighted by Gasteiger charge is 2.26. The average molecular weight is 188 g/mol. The zero-order valence-corrected chi connectivity index (χ0v) is 7.57. The minimum absolute atomic E-state index is 0.131. The van der Waals surface area contributed by atoms with Crippen molar-refractivity contribution in [3.05, 3.63) is 41.0 Å². The summed E-state index contributed by atoms with van der Waals surface area (Å²) in [5.41, 5.74) is 1.47. The number of aliphatic hydroxyl groups is 1. The Morgan fingerprint density at radius 1 is 1.21 bits per heavy atom. The van der Waals surface area contributed by atoms with E-state index in [4.69, 9.17) is 0 Å². The maximum Gasteiger partial charge on any atom is 0.234 e. The molecule has 0 bridgehead atoms. The van der Waals surface area contributed by atoms with E-state index in [1.54, 1.807) is 25.1 Å². The summed E-state index contributed by atoms with van der Waals surface area (Å²) in [6.07, 6.45) is 0.962. The molecule has 1 aromatic carbocycles. The first-order chi connectivity index (χ1) is 6.61. The number of rotatable bonds is 0. The fourth-order valence-corrected chi connectivity index (χ4v) is 1.57. The number of aryl methyl sites for hydroxylation is 1. The van der Waals surface area contributed by atoms with E-state index >= 15 is 0 Å². The summed E-state index contributed by atoms with van der Waals surface area (Å²) in [4.78, 5) is 22.6. The van der Waals surface area contributed by atoms with Crippen molar-refractivity contribution in [2.45, 2.75) is 6.92 Å². The highest BCUT2D eigenvalue weighted by molar-refractivity contribution is 6.50. The van der Waals surface area contributed by atoms with E-state index in [1.165, 1.54) is 0 Å². The van der Waals surface area contributed by atoms with Crippen molar-refractivity contribution >= 4 is 17.3 Å². The average Bonchev–Trinajstić information content (AvgIpc) is 2.14. The van der Waals surface area contributed by atoms with Gasteiger partial charge in [0.25, 0.3) is 0 Å². The van der Waals surface area contributed by atoms with Crippen molar-refractivity contribution in [2.75, 3.05) is 0 Å². The maximum absolute atomic E-state index is 11.5. The Morgan fingerprint density at radius 3 is 2.64 bits per heavy atom. The zero-order chi connectivity index (χ0) is 10.3. The van der Waals surface area contributed by atoms with E-state index < -0.39 is 11.6 Å². The van der Waals surface area contributed by atoms with E-state index in [-0.39, 0.29) is 5.76 Å². The molecule has 1 aromatic rings. The van der Waals surface area contributed by atoms with Gasteiger partial charge in [0.1, 0.15) is 5.76 Å². The molecule has 1 aliphatic carbocycles. The summed E-state index contributed by atoms with van der Waals surface area (Å²) in [7, 11) is 0. The number of fused-ring (bicyclic) bond motifs is 1. The van der Waals surface area contributed by atoms with Gasteiger partial charge in [-0.1, -0.05) is 18.2 Å². The normalized spacial score (nSPS) is 15.1. The van der Waals surface area contributed by atoms with Gasteiger partial charge in [-0.2, -0.15) is 0 Å². The molecule has 3 heteroatoms. The monoisotopic (exact) mass is 188 g/mol. The molecule has 0 saturated heterocycles. The third-order valence-electron chi connectivity index (χ3n) is 2.27. The Hall–Kier alpha value is -1.90. The summed E-state index contributed by atoms with van der Waals surface area (Å²) in [6.45, 7) is 1.74. The molecule has 0 unspecified atom stereocenters. The third kappa shape index (κ3) is 1.06. The van der Waals surface area contributed by atoms with Crippen LogP contribution >= 0.6 is 0 Å². The molecule has 14 heavy (non-hydrogen) atoms. The summed E-state index contributed by atoms with van der Waals surface area (Å²) in [5, 5.41) is 9.46. The van der Waals surface area contributed by atoms with Crippen LogP contribution in [0, 0.1) is 6.92 Å². The molecule has 1 aliphatic rings. The van der Waals surface area contributed by atoms with E-state index in [2.05, 4.69) is 0 Å². The third-order valence-corrected chi connectivity index (χ3v) is 2.27. The molecule has 0 radical (unpaired) electrons. The Balaban J connectivity index is 2.78. The van der Waals surface area contributed by atoms with Crippen molar-refractivity contribution in [1.29, 1.82) is 0 Å². The lowest BCUT2D eigenvalue weighted by atomic mass is 9.90. The molecule has 0 aliphatic heterocycles. The molecule has 0 atom stereocenters. The van der Waals surface area contributed by atoms with Crippen molar-refractivity contribution in [2.24, 2.45) is 0 Å². The summed E-state index contributed by atoms with van der Waals surface area (Å²) < 4.78 is 0. The largest absolute Gasteiger partial charge is 0.507 e. The van der Waals surface area contributed by atoms with Crippen molar-refractivity contribution in [3.63, 3.8) is 0 Å². The van der Waals surface area contributed by atoms with Crippen LogP contribution in [0.5, 0.6) is 0 Å². The minimum Gasteiger partial charge on any atom is -0.507 e. The SMILES string of the molecule is Cc1cccc2c1C(=O)C(=O)C=C2O. The molecule has 3 nitrogen and oxygen atoms in total. The quantitative estimate of drug-likeness (QED) is 0.630. The first-order valence-corrected chi connectivity index (χ1v) is 4.20. The maximum atomic E-state index is 11.5. The van der Waals surface area contributed by atoms with Crippen LogP contribution < -0.4 is 0 Å². The van der Waals surface area contributed by atoms with Gasteiger partial charge < -0.3 is 5.11 Å². The Kier molecular flexibility index (Phi) is 1.74. The van der Waals surface area contributed by atoms with Gasteiger partial charge in [-0.25, -0.2) is 0 Å². The van der Waals surface area contributed by atoms with Crippen LogP contribution in [0.1, 0.15) is 21.5 Å². The molecule has 0 amide bonds. The molecule has 70 valence electrons. The van der Waals surface area contributed by atoms with Crippen LogP contribution in [0.4, 0.5) is 0 Å². The molecule has 0 heterocycles. The number of hydrogen-bond donors (Lipinski definition) is 1. The van der Waals surface area contributed by atoms with Gasteiger partial charge in [-0.15, -0.1) is 0 Å². The zero-order valence-electron chi connectivity index (χ0n) is 7.57. The lowest BCUT2D eigenvalue weighted by Crippen LogP contribution is -2.19. The molecular weight excluding hydrogens is 180 g/mol. The van der Waals surface area contributed by atoms with Crippen molar-refractivity contribution < 1.29 is 14.7 Å². The van der Waals surface area contributed by atoms with Crippen LogP contribution in [0.2, 0.25) is 0 Å². The number of carbonyl (C=O) groups is 2. The predicted molar refractivity (Wildman–Crippen MR) is 51.1 cm³/mol. The Labute approximate surface area is 80.7 Å². The topological polar surface area (TPSA) is 54.4 Å². The molecule has 0 fully saturated rings. The lowest BCUT2D eigenvalue weighted by molar-refractivity contribution is -0.111. The molecule has 1 N–H and O–H groups in total. The highest BCUT2D eigenvalue weighted by Crippen LogP contribution is 2.25. The molecule has 0 aromatic heterocycles. The Morgan fingerprint density at radius 2 is 1.93 bits per heavy atom. The smallest absolute Gasteiger partial charge is 0.234 e. The van der Waals surface area contributed by atoms with Crippen LogP contribution in [0.25, 0.3) is 5.76 Å². The van der Waals surface area contributed by atoms with Crippen LogP contribution in [-0.2, 0) is 4.79 Å². The second-order valence-corrected chi connectivity index (χ2v) is 3.22. The summed E-state index contributed by atoms with van der Waals surface area (Å²) in [6, 6.07) is 5.10. The fraction of sp³-hybridized carbons (Fsp3) is 0.0909. The highest BCUT2D eigenvalue weighted by atomic mass is 16.3. The number of ketones is 2.